The first-order chi connectivity index (χ1) is 23.9. The highest BCUT2D eigenvalue weighted by molar-refractivity contribution is 7.68. The minimum Gasteiger partial charge on any atom is -0.323 e. The standard InChI is InChI=1S/C38H38Cl6N2S2Si2/c1-3-23-37(25-19-31(20-26-37)49(39,40)41)45(29-11-7-5-8-12-29)35-17-15-33(47-35)34-16-18-36(48-34)46(30-13-9-6-10-14-30)38(24-4-2)27-21-32(22-28-38)50(42,43)44/h5-22,25,27H,3-4,23-24,26,28H2,1-2H3. The predicted octanol–water partition coefficient (Wildman–Crippen LogP) is 15.0. The van der Waals surface area contributed by atoms with Crippen LogP contribution in [0.5, 0.6) is 0 Å². The van der Waals surface area contributed by atoms with E-state index in [0.717, 1.165) is 60.3 Å². The van der Waals surface area contributed by atoms with Gasteiger partial charge in [0.05, 0.1) is 21.1 Å². The van der Waals surface area contributed by atoms with Gasteiger partial charge in [0, 0.05) is 21.1 Å². The Kier molecular flexibility index (Phi) is 12.2. The lowest BCUT2D eigenvalue weighted by atomic mass is 9.84. The molecule has 0 spiro atoms. The number of rotatable bonds is 13. The molecule has 2 atom stereocenters. The van der Waals surface area contributed by atoms with Crippen LogP contribution in [0.4, 0.5) is 21.4 Å². The molecule has 2 aromatic carbocycles. The fourth-order valence-electron chi connectivity index (χ4n) is 7.07. The van der Waals surface area contributed by atoms with Crippen LogP contribution in [0.1, 0.15) is 52.4 Å². The van der Waals surface area contributed by atoms with Crippen LogP contribution in [-0.2, 0) is 0 Å². The zero-order valence-corrected chi connectivity index (χ0v) is 35.9. The molecule has 12 heteroatoms. The molecule has 0 N–H and O–H groups in total. The van der Waals surface area contributed by atoms with Gasteiger partial charge in [0.25, 0.3) is 0 Å². The van der Waals surface area contributed by atoms with Gasteiger partial charge in [0.15, 0.2) is 0 Å². The monoisotopic (exact) mass is 852 g/mol. The second-order valence-corrected chi connectivity index (χ2v) is 31.7. The van der Waals surface area contributed by atoms with Crippen molar-refractivity contribution < 1.29 is 0 Å². The number of benzene rings is 2. The Labute approximate surface area is 334 Å². The predicted molar refractivity (Wildman–Crippen MR) is 230 cm³/mol. The lowest BCUT2D eigenvalue weighted by molar-refractivity contribution is 0.472. The van der Waals surface area contributed by atoms with Crippen molar-refractivity contribution in [2.24, 2.45) is 0 Å². The summed E-state index contributed by atoms with van der Waals surface area (Å²) in [6, 6.07) is 24.3. The van der Waals surface area contributed by atoms with E-state index in [1.165, 1.54) is 19.8 Å². The van der Waals surface area contributed by atoms with Crippen molar-refractivity contribution in [3.05, 3.63) is 132 Å². The third kappa shape index (κ3) is 8.21. The van der Waals surface area contributed by atoms with Crippen molar-refractivity contribution in [3.63, 3.8) is 0 Å². The summed E-state index contributed by atoms with van der Waals surface area (Å²) in [6.45, 7) is 4.46. The van der Waals surface area contributed by atoms with E-state index in [0.29, 0.717) is 0 Å². The van der Waals surface area contributed by atoms with E-state index >= 15 is 0 Å². The van der Waals surface area contributed by atoms with Crippen molar-refractivity contribution in [2.75, 3.05) is 9.80 Å². The van der Waals surface area contributed by atoms with Crippen molar-refractivity contribution in [3.8, 4) is 9.75 Å². The molecule has 2 aromatic heterocycles. The molecule has 6 rings (SSSR count). The fraction of sp³-hybridized carbons (Fsp3) is 0.263. The van der Waals surface area contributed by atoms with Crippen LogP contribution in [-0.4, -0.2) is 23.1 Å². The zero-order chi connectivity index (χ0) is 35.6. The quantitative estimate of drug-likeness (QED) is 0.0976. The summed E-state index contributed by atoms with van der Waals surface area (Å²) in [4.78, 5) is 7.41. The average molecular weight is 856 g/mol. The van der Waals surface area contributed by atoms with E-state index in [9.17, 15) is 0 Å². The number of nitrogens with zero attached hydrogens (tertiary/aromatic N) is 2. The van der Waals surface area contributed by atoms with E-state index in [1.54, 1.807) is 0 Å². The number of hydrogen-bond donors (Lipinski definition) is 0. The molecule has 0 fully saturated rings. The summed E-state index contributed by atoms with van der Waals surface area (Å²) in [5.41, 5.74) is 1.69. The molecule has 262 valence electrons. The Morgan fingerprint density at radius 2 is 0.940 bits per heavy atom. The molecule has 0 aliphatic heterocycles. The van der Waals surface area contributed by atoms with Gasteiger partial charge in [-0.15, -0.1) is 89.1 Å². The van der Waals surface area contributed by atoms with Gasteiger partial charge in [0.1, 0.15) is 0 Å². The molecule has 0 saturated heterocycles. The summed E-state index contributed by atoms with van der Waals surface area (Å²) in [5, 5.41) is 4.04. The number of anilines is 4. The largest absolute Gasteiger partial charge is 0.372 e. The van der Waals surface area contributed by atoms with Crippen LogP contribution in [0.25, 0.3) is 9.75 Å². The lowest BCUT2D eigenvalue weighted by Crippen LogP contribution is -2.45. The van der Waals surface area contributed by atoms with E-state index < -0.39 is 12.0 Å². The zero-order valence-electron chi connectivity index (χ0n) is 27.8. The van der Waals surface area contributed by atoms with Gasteiger partial charge in [-0.3, -0.25) is 0 Å². The second kappa shape index (κ2) is 15.9. The van der Waals surface area contributed by atoms with Crippen molar-refractivity contribution in [2.45, 2.75) is 63.5 Å². The third-order valence-electron chi connectivity index (χ3n) is 9.30. The SMILES string of the molecule is CCCC1(N(c2ccccc2)c2ccc(-c3ccc(N(c4ccccc4)C4(CCC)C=CC([Si](Cl)(Cl)Cl)=CC4)s3)s2)C=CC([Si](Cl)(Cl)Cl)=CC1. The summed E-state index contributed by atoms with van der Waals surface area (Å²) in [6.07, 6.45) is 18.4. The topological polar surface area (TPSA) is 6.48 Å². The number of halogens is 6. The molecule has 2 unspecified atom stereocenters. The van der Waals surface area contributed by atoms with Crippen LogP contribution in [0, 0.1) is 0 Å². The minimum absolute atomic E-state index is 0.293. The minimum atomic E-state index is -2.99. The molecular formula is C38H38Cl6N2S2Si2. The Hall–Kier alpha value is -1.43. The van der Waals surface area contributed by atoms with Crippen molar-refractivity contribution >= 4 is 123 Å². The molecule has 0 bridgehead atoms. The normalized spacial score (nSPS) is 20.8. The molecule has 0 amide bonds. The van der Waals surface area contributed by atoms with Gasteiger partial charge in [-0.25, -0.2) is 0 Å². The van der Waals surface area contributed by atoms with Gasteiger partial charge in [0.2, 0.25) is 0 Å². The number of hydrogen-bond acceptors (Lipinski definition) is 4. The lowest BCUT2D eigenvalue weighted by Gasteiger charge is -2.44. The number of allylic oxidation sites excluding steroid dienone is 4. The van der Waals surface area contributed by atoms with Crippen LogP contribution >= 0.6 is 89.1 Å². The molecule has 2 aliphatic rings. The summed E-state index contributed by atoms with van der Waals surface area (Å²) in [5.74, 6) is 0. The van der Waals surface area contributed by atoms with Gasteiger partial charge in [-0.2, -0.15) is 0 Å². The summed E-state index contributed by atoms with van der Waals surface area (Å²) in [7, 11) is 0. The molecule has 2 aliphatic carbocycles. The fourth-order valence-corrected chi connectivity index (χ4v) is 13.1. The molecule has 4 aromatic rings. The average Bonchev–Trinajstić information content (AvgIpc) is 3.77. The van der Waals surface area contributed by atoms with Gasteiger partial charge in [-0.1, -0.05) is 99.5 Å². The maximum absolute atomic E-state index is 6.45. The van der Waals surface area contributed by atoms with Crippen LogP contribution in [0.3, 0.4) is 0 Å². The van der Waals surface area contributed by atoms with Crippen molar-refractivity contribution in [1.29, 1.82) is 0 Å². The number of thiophene rings is 2. The molecule has 0 saturated carbocycles. The molecule has 2 heterocycles. The Balaban J connectivity index is 1.39. The Bertz CT molecular complexity index is 1760. The van der Waals surface area contributed by atoms with Gasteiger partial charge < -0.3 is 9.80 Å². The molecule has 2 nitrogen and oxygen atoms in total. The first kappa shape index (κ1) is 38.3. The van der Waals surface area contributed by atoms with E-state index in [1.807, 2.05) is 34.8 Å². The smallest absolute Gasteiger partial charge is 0.323 e. The summed E-state index contributed by atoms with van der Waals surface area (Å²) >= 11 is 42.3. The van der Waals surface area contributed by atoms with Crippen molar-refractivity contribution in [1.82, 2.24) is 0 Å². The molecular weight excluding hydrogens is 817 g/mol. The Morgan fingerprint density at radius 1 is 0.560 bits per heavy atom. The number of para-hydroxylation sites is 2. The maximum atomic E-state index is 6.45. The Morgan fingerprint density at radius 3 is 1.24 bits per heavy atom. The maximum Gasteiger partial charge on any atom is 0.372 e. The first-order valence-electron chi connectivity index (χ1n) is 16.7. The molecule has 50 heavy (non-hydrogen) atoms. The highest BCUT2D eigenvalue weighted by atomic mass is 35.8. The highest BCUT2D eigenvalue weighted by Crippen LogP contribution is 2.50. The highest BCUT2D eigenvalue weighted by Gasteiger charge is 2.41. The summed E-state index contributed by atoms with van der Waals surface area (Å²) < 4.78 is 0. The van der Waals surface area contributed by atoms with E-state index in [-0.39, 0.29) is 11.1 Å². The van der Waals surface area contributed by atoms with Gasteiger partial charge in [-0.05, 0) is 84.6 Å². The van der Waals surface area contributed by atoms with Crippen LogP contribution in [0.2, 0.25) is 0 Å². The van der Waals surface area contributed by atoms with E-state index in [4.69, 9.17) is 66.5 Å². The van der Waals surface area contributed by atoms with Crippen LogP contribution < -0.4 is 9.80 Å². The van der Waals surface area contributed by atoms with Crippen LogP contribution in [0.15, 0.2) is 132 Å². The third-order valence-corrected chi connectivity index (χ3v) is 17.6. The first-order valence-corrected chi connectivity index (χ1v) is 28.4. The van der Waals surface area contributed by atoms with E-state index in [2.05, 4.69) is 133 Å². The van der Waals surface area contributed by atoms with Gasteiger partial charge >= 0.3 is 12.0 Å². The second-order valence-electron chi connectivity index (χ2n) is 12.7. The molecule has 0 radical (unpaired) electrons.